The van der Waals surface area contributed by atoms with Gasteiger partial charge in [0, 0.05) is 0 Å². The van der Waals surface area contributed by atoms with Gasteiger partial charge in [-0.1, -0.05) is 27.7 Å². The zero-order valence-electron chi connectivity index (χ0n) is 11.8. The van der Waals surface area contributed by atoms with Crippen LogP contribution in [0, 0.1) is 11.8 Å². The van der Waals surface area contributed by atoms with E-state index >= 15 is 0 Å². The Morgan fingerprint density at radius 1 is 0.941 bits per heavy atom. The second-order valence-electron chi connectivity index (χ2n) is 6.79. The summed E-state index contributed by atoms with van der Waals surface area (Å²) in [5.41, 5.74) is -0.416. The van der Waals surface area contributed by atoms with Crippen LogP contribution < -0.4 is 0 Å². The molecule has 0 aromatic heterocycles. The van der Waals surface area contributed by atoms with Gasteiger partial charge >= 0.3 is 0 Å². The van der Waals surface area contributed by atoms with E-state index in [1.807, 2.05) is 0 Å². The van der Waals surface area contributed by atoms with E-state index in [9.17, 15) is 5.11 Å². The van der Waals surface area contributed by atoms with Gasteiger partial charge in [0.05, 0.1) is 17.3 Å². The second-order valence-corrected chi connectivity index (χ2v) is 6.79. The lowest BCUT2D eigenvalue weighted by Crippen LogP contribution is -2.44. The summed E-state index contributed by atoms with van der Waals surface area (Å²) in [7, 11) is 0. The van der Waals surface area contributed by atoms with Gasteiger partial charge in [0.1, 0.15) is 0 Å². The Hall–Kier alpha value is -0.0800. The Bertz CT molecular complexity index is 274. The molecule has 1 unspecified atom stereocenters. The molecule has 1 N–H and O–H groups in total. The number of aliphatic hydroxyl groups is 1. The first kappa shape index (κ1) is 13.4. The van der Waals surface area contributed by atoms with Crippen LogP contribution in [-0.4, -0.2) is 22.4 Å². The molecule has 100 valence electrons. The summed E-state index contributed by atoms with van der Waals surface area (Å²) in [6.07, 6.45) is 6.62. The molecular formula is C15H28O2. The van der Waals surface area contributed by atoms with Crippen LogP contribution >= 0.6 is 0 Å². The molecule has 2 aliphatic heterocycles. The fourth-order valence-corrected chi connectivity index (χ4v) is 3.50. The molecule has 2 heterocycles. The maximum absolute atomic E-state index is 10.8. The minimum Gasteiger partial charge on any atom is -0.390 e. The van der Waals surface area contributed by atoms with Gasteiger partial charge in [0.2, 0.25) is 0 Å². The van der Waals surface area contributed by atoms with Crippen LogP contribution in [0.2, 0.25) is 0 Å². The molecule has 0 saturated carbocycles. The van der Waals surface area contributed by atoms with Crippen LogP contribution in [0.5, 0.6) is 0 Å². The van der Waals surface area contributed by atoms with Gasteiger partial charge in [-0.25, -0.2) is 0 Å². The Morgan fingerprint density at radius 3 is 2.18 bits per heavy atom. The fourth-order valence-electron chi connectivity index (χ4n) is 3.50. The van der Waals surface area contributed by atoms with E-state index in [-0.39, 0.29) is 5.60 Å². The summed E-state index contributed by atoms with van der Waals surface area (Å²) in [6.45, 7) is 8.82. The fraction of sp³-hybridized carbons (Fsp3) is 1.00. The van der Waals surface area contributed by atoms with Gasteiger partial charge in [0.25, 0.3) is 0 Å². The molecule has 0 amide bonds. The van der Waals surface area contributed by atoms with E-state index in [0.717, 1.165) is 25.7 Å². The highest BCUT2D eigenvalue weighted by molar-refractivity contribution is 4.97. The van der Waals surface area contributed by atoms with Crippen molar-refractivity contribution >= 4 is 0 Å². The van der Waals surface area contributed by atoms with Crippen molar-refractivity contribution in [3.8, 4) is 0 Å². The van der Waals surface area contributed by atoms with Gasteiger partial charge in [-0.05, 0) is 50.4 Å². The summed E-state index contributed by atoms with van der Waals surface area (Å²) >= 11 is 0. The lowest BCUT2D eigenvalue weighted by Gasteiger charge is -2.41. The summed E-state index contributed by atoms with van der Waals surface area (Å²) in [5.74, 6) is 0.909. The third-order valence-electron chi connectivity index (χ3n) is 5.30. The summed E-state index contributed by atoms with van der Waals surface area (Å²) < 4.78 is 6.31. The zero-order chi connectivity index (χ0) is 12.7. The van der Waals surface area contributed by atoms with Crippen molar-refractivity contribution < 1.29 is 9.84 Å². The van der Waals surface area contributed by atoms with E-state index in [1.54, 1.807) is 0 Å². The summed E-state index contributed by atoms with van der Waals surface area (Å²) in [4.78, 5) is 0. The third-order valence-corrected chi connectivity index (χ3v) is 5.30. The molecule has 2 saturated heterocycles. The average molecular weight is 240 g/mol. The number of fused-ring (bicyclic) bond motifs is 2. The highest BCUT2D eigenvalue weighted by Gasteiger charge is 2.47. The minimum absolute atomic E-state index is 0.0496. The number of rotatable bonds is 2. The Labute approximate surface area is 106 Å². The topological polar surface area (TPSA) is 29.5 Å². The number of hydrogen-bond acceptors (Lipinski definition) is 2. The van der Waals surface area contributed by atoms with Gasteiger partial charge < -0.3 is 9.84 Å². The summed E-state index contributed by atoms with van der Waals surface area (Å²) in [5, 5.41) is 10.8. The maximum Gasteiger partial charge on any atom is 0.0711 e. The normalized spacial score (nSPS) is 42.9. The van der Waals surface area contributed by atoms with Crippen LogP contribution in [0.4, 0.5) is 0 Å². The average Bonchev–Trinajstić information content (AvgIpc) is 2.68. The van der Waals surface area contributed by atoms with Crippen molar-refractivity contribution in [1.29, 1.82) is 0 Å². The highest BCUT2D eigenvalue weighted by atomic mass is 16.5. The predicted molar refractivity (Wildman–Crippen MR) is 69.9 cm³/mol. The molecule has 2 heteroatoms. The standard InChI is InChI=1S/C15H28O2/c1-11(2)14(16)7-5-13-6-8-15(17-13,10-9-14)12(3)4/h11-13,16H,5-10H2,1-4H3/t13-,14?,15-/m0/s1. The van der Waals surface area contributed by atoms with Crippen molar-refractivity contribution in [3.63, 3.8) is 0 Å². The van der Waals surface area contributed by atoms with E-state index in [1.165, 1.54) is 12.8 Å². The Morgan fingerprint density at radius 2 is 1.59 bits per heavy atom. The van der Waals surface area contributed by atoms with Crippen molar-refractivity contribution in [2.24, 2.45) is 11.8 Å². The second kappa shape index (κ2) is 4.55. The van der Waals surface area contributed by atoms with Crippen LogP contribution in [0.1, 0.15) is 66.2 Å². The number of hydrogen-bond donors (Lipinski definition) is 1. The molecule has 2 bridgehead atoms. The van der Waals surface area contributed by atoms with Gasteiger partial charge in [0.15, 0.2) is 0 Å². The SMILES string of the molecule is CC(C)C1(O)CC[C@H]2CC[C@@](C(C)C)(CC1)O2. The van der Waals surface area contributed by atoms with Gasteiger partial charge in [-0.15, -0.1) is 0 Å². The molecule has 2 fully saturated rings. The lowest BCUT2D eigenvalue weighted by molar-refractivity contribution is -0.126. The van der Waals surface area contributed by atoms with E-state index in [2.05, 4.69) is 27.7 Å². The Kier molecular flexibility index (Phi) is 3.57. The van der Waals surface area contributed by atoms with Crippen LogP contribution in [0.3, 0.4) is 0 Å². The van der Waals surface area contributed by atoms with Crippen molar-refractivity contribution in [3.05, 3.63) is 0 Å². The Balaban J connectivity index is 2.16. The van der Waals surface area contributed by atoms with Gasteiger partial charge in [-0.2, -0.15) is 0 Å². The molecule has 2 rings (SSSR count). The minimum atomic E-state index is -0.466. The largest absolute Gasteiger partial charge is 0.390 e. The monoisotopic (exact) mass is 240 g/mol. The molecule has 0 radical (unpaired) electrons. The zero-order valence-corrected chi connectivity index (χ0v) is 11.8. The van der Waals surface area contributed by atoms with Crippen molar-refractivity contribution in [1.82, 2.24) is 0 Å². The van der Waals surface area contributed by atoms with E-state index in [0.29, 0.717) is 17.9 Å². The predicted octanol–water partition coefficient (Wildman–Crippen LogP) is 3.52. The molecule has 0 aliphatic carbocycles. The van der Waals surface area contributed by atoms with Crippen LogP contribution in [0.25, 0.3) is 0 Å². The first-order chi connectivity index (χ1) is 7.88. The van der Waals surface area contributed by atoms with Crippen LogP contribution in [0.15, 0.2) is 0 Å². The first-order valence-electron chi connectivity index (χ1n) is 7.28. The lowest BCUT2D eigenvalue weighted by atomic mass is 9.76. The number of ether oxygens (including phenoxy) is 1. The molecule has 17 heavy (non-hydrogen) atoms. The van der Waals surface area contributed by atoms with Crippen molar-refractivity contribution in [2.75, 3.05) is 0 Å². The molecule has 0 spiro atoms. The van der Waals surface area contributed by atoms with Crippen molar-refractivity contribution in [2.45, 2.75) is 83.5 Å². The quantitative estimate of drug-likeness (QED) is 0.800. The molecular weight excluding hydrogens is 212 g/mol. The van der Waals surface area contributed by atoms with E-state index in [4.69, 9.17) is 4.74 Å². The molecule has 2 nitrogen and oxygen atoms in total. The maximum atomic E-state index is 10.8. The van der Waals surface area contributed by atoms with Gasteiger partial charge in [-0.3, -0.25) is 0 Å². The first-order valence-corrected chi connectivity index (χ1v) is 7.28. The van der Waals surface area contributed by atoms with Crippen LogP contribution in [-0.2, 0) is 4.74 Å². The highest BCUT2D eigenvalue weighted by Crippen LogP contribution is 2.46. The smallest absolute Gasteiger partial charge is 0.0711 e. The molecule has 3 atom stereocenters. The summed E-state index contributed by atoms with van der Waals surface area (Å²) in [6, 6.07) is 0. The molecule has 0 aromatic rings. The molecule has 2 aliphatic rings. The van der Waals surface area contributed by atoms with E-state index < -0.39 is 5.60 Å². The third kappa shape index (κ3) is 2.39. The molecule has 0 aromatic carbocycles.